The molecule has 1 amide bonds. The molecule has 0 saturated heterocycles. The first-order chi connectivity index (χ1) is 10.8. The predicted octanol–water partition coefficient (Wildman–Crippen LogP) is 2.02. The second kappa shape index (κ2) is 6.93. The molecule has 0 N–H and O–H groups in total. The van der Waals surface area contributed by atoms with Gasteiger partial charge in [-0.1, -0.05) is 12.1 Å². The average Bonchev–Trinajstić information content (AvgIpc) is 2.89. The number of ether oxygens (including phenoxy) is 1. The van der Waals surface area contributed by atoms with Crippen molar-refractivity contribution >= 4 is 11.7 Å². The Hall–Kier alpha value is -2.18. The molecule has 23 heavy (non-hydrogen) atoms. The zero-order chi connectivity index (χ0) is 17.0. The first-order valence-corrected chi connectivity index (χ1v) is 7.89. The van der Waals surface area contributed by atoms with Gasteiger partial charge in [0.25, 0.3) is 5.91 Å². The molecule has 126 valence electrons. The standard InChI is InChI=1S/C16H23N3O4/c1-5-7-14-17-13(18-23-14)10-19(6-2)15(21)12-8-11(20)9-16(3,4)22-12/h8H,5-7,9-10H2,1-4H3. The van der Waals surface area contributed by atoms with Crippen molar-refractivity contribution in [3.63, 3.8) is 0 Å². The minimum absolute atomic E-state index is 0.0744. The van der Waals surface area contributed by atoms with Gasteiger partial charge >= 0.3 is 0 Å². The Balaban J connectivity index is 2.10. The van der Waals surface area contributed by atoms with Crippen molar-refractivity contribution < 1.29 is 18.8 Å². The molecule has 1 aliphatic rings. The van der Waals surface area contributed by atoms with E-state index in [1.54, 1.807) is 13.8 Å². The number of aryl methyl sites for hydroxylation is 1. The van der Waals surface area contributed by atoms with Gasteiger partial charge in [0.1, 0.15) is 5.60 Å². The minimum Gasteiger partial charge on any atom is -0.481 e. The van der Waals surface area contributed by atoms with E-state index < -0.39 is 5.60 Å². The van der Waals surface area contributed by atoms with Gasteiger partial charge in [-0.2, -0.15) is 4.98 Å². The Morgan fingerprint density at radius 2 is 2.13 bits per heavy atom. The summed E-state index contributed by atoms with van der Waals surface area (Å²) in [4.78, 5) is 30.2. The highest BCUT2D eigenvalue weighted by Gasteiger charge is 2.33. The summed E-state index contributed by atoms with van der Waals surface area (Å²) in [6, 6.07) is 0. The fourth-order valence-corrected chi connectivity index (χ4v) is 2.41. The predicted molar refractivity (Wildman–Crippen MR) is 82.3 cm³/mol. The topological polar surface area (TPSA) is 85.5 Å². The largest absolute Gasteiger partial charge is 0.481 e. The van der Waals surface area contributed by atoms with Crippen molar-refractivity contribution in [1.29, 1.82) is 0 Å². The summed E-state index contributed by atoms with van der Waals surface area (Å²) in [5, 5.41) is 3.89. The van der Waals surface area contributed by atoms with E-state index in [9.17, 15) is 9.59 Å². The van der Waals surface area contributed by atoms with Crippen molar-refractivity contribution in [3.8, 4) is 0 Å². The van der Waals surface area contributed by atoms with E-state index in [1.165, 1.54) is 11.0 Å². The van der Waals surface area contributed by atoms with E-state index in [0.717, 1.165) is 6.42 Å². The van der Waals surface area contributed by atoms with Crippen molar-refractivity contribution in [2.75, 3.05) is 6.54 Å². The number of hydrogen-bond acceptors (Lipinski definition) is 6. The molecule has 0 spiro atoms. The molecule has 0 unspecified atom stereocenters. The Morgan fingerprint density at radius 3 is 2.74 bits per heavy atom. The molecule has 0 fully saturated rings. The molecular formula is C16H23N3O4. The van der Waals surface area contributed by atoms with Gasteiger partial charge in [0.05, 0.1) is 6.54 Å². The van der Waals surface area contributed by atoms with Crippen LogP contribution in [0.3, 0.4) is 0 Å². The third kappa shape index (κ3) is 4.40. The molecule has 0 atom stereocenters. The third-order valence-electron chi connectivity index (χ3n) is 3.46. The fourth-order valence-electron chi connectivity index (χ4n) is 2.41. The van der Waals surface area contributed by atoms with Gasteiger partial charge in [-0.3, -0.25) is 9.59 Å². The van der Waals surface area contributed by atoms with Gasteiger partial charge in [0, 0.05) is 25.5 Å². The van der Waals surface area contributed by atoms with Gasteiger partial charge in [0.15, 0.2) is 17.4 Å². The Bertz CT molecular complexity index is 619. The van der Waals surface area contributed by atoms with Crippen LogP contribution in [0.25, 0.3) is 0 Å². The van der Waals surface area contributed by atoms with Crippen molar-refractivity contribution in [2.45, 2.75) is 59.1 Å². The van der Waals surface area contributed by atoms with E-state index in [2.05, 4.69) is 10.1 Å². The van der Waals surface area contributed by atoms with Gasteiger partial charge in [0.2, 0.25) is 5.89 Å². The number of rotatable bonds is 6. The first kappa shape index (κ1) is 17.2. The number of nitrogens with zero attached hydrogens (tertiary/aromatic N) is 3. The smallest absolute Gasteiger partial charge is 0.289 e. The Labute approximate surface area is 135 Å². The van der Waals surface area contributed by atoms with Crippen LogP contribution < -0.4 is 0 Å². The number of carbonyl (C=O) groups is 2. The quantitative estimate of drug-likeness (QED) is 0.797. The van der Waals surface area contributed by atoms with Crippen LogP contribution in [0.2, 0.25) is 0 Å². The second-order valence-corrected chi connectivity index (χ2v) is 6.19. The molecule has 2 heterocycles. The van der Waals surface area contributed by atoms with E-state index in [1.807, 2.05) is 13.8 Å². The number of aromatic nitrogens is 2. The number of likely N-dealkylation sites (N-methyl/N-ethyl adjacent to an activating group) is 1. The molecule has 0 bridgehead atoms. The summed E-state index contributed by atoms with van der Waals surface area (Å²) in [5.41, 5.74) is -0.670. The first-order valence-electron chi connectivity index (χ1n) is 7.89. The highest BCUT2D eigenvalue weighted by atomic mass is 16.5. The maximum Gasteiger partial charge on any atom is 0.289 e. The lowest BCUT2D eigenvalue weighted by atomic mass is 9.98. The highest BCUT2D eigenvalue weighted by Crippen LogP contribution is 2.26. The number of ketones is 1. The van der Waals surface area contributed by atoms with Crippen LogP contribution in [0.1, 0.15) is 52.3 Å². The van der Waals surface area contributed by atoms with Crippen LogP contribution in [0, 0.1) is 0 Å². The van der Waals surface area contributed by atoms with Crippen LogP contribution in [-0.4, -0.2) is 38.9 Å². The van der Waals surface area contributed by atoms with Gasteiger partial charge < -0.3 is 14.2 Å². The summed E-state index contributed by atoms with van der Waals surface area (Å²) in [6.07, 6.45) is 3.16. The third-order valence-corrected chi connectivity index (χ3v) is 3.46. The normalized spacial score (nSPS) is 16.7. The van der Waals surface area contributed by atoms with E-state index in [-0.39, 0.29) is 30.4 Å². The lowest BCUT2D eigenvalue weighted by Crippen LogP contribution is -2.39. The van der Waals surface area contributed by atoms with Gasteiger partial charge in [-0.25, -0.2) is 0 Å². The van der Waals surface area contributed by atoms with Crippen LogP contribution in [0.5, 0.6) is 0 Å². The molecule has 0 saturated carbocycles. The van der Waals surface area contributed by atoms with Crippen LogP contribution >= 0.6 is 0 Å². The molecule has 0 radical (unpaired) electrons. The zero-order valence-electron chi connectivity index (χ0n) is 14.1. The summed E-state index contributed by atoms with van der Waals surface area (Å²) in [5.74, 6) is 0.646. The zero-order valence-corrected chi connectivity index (χ0v) is 14.1. The average molecular weight is 321 g/mol. The summed E-state index contributed by atoms with van der Waals surface area (Å²) >= 11 is 0. The van der Waals surface area contributed by atoms with Crippen LogP contribution in [0.15, 0.2) is 16.4 Å². The Morgan fingerprint density at radius 1 is 1.39 bits per heavy atom. The van der Waals surface area contributed by atoms with Crippen molar-refractivity contribution in [2.24, 2.45) is 0 Å². The molecule has 2 rings (SSSR count). The molecule has 0 aromatic carbocycles. The monoisotopic (exact) mass is 321 g/mol. The summed E-state index contributed by atoms with van der Waals surface area (Å²) in [6.45, 7) is 8.12. The van der Waals surface area contributed by atoms with Crippen LogP contribution in [-0.2, 0) is 27.3 Å². The minimum atomic E-state index is -0.670. The van der Waals surface area contributed by atoms with Crippen molar-refractivity contribution in [3.05, 3.63) is 23.6 Å². The number of hydrogen-bond donors (Lipinski definition) is 0. The van der Waals surface area contributed by atoms with E-state index >= 15 is 0 Å². The lowest BCUT2D eigenvalue weighted by molar-refractivity contribution is -0.138. The number of allylic oxidation sites excluding steroid dienone is 1. The van der Waals surface area contributed by atoms with Gasteiger partial charge in [-0.05, 0) is 27.2 Å². The van der Waals surface area contributed by atoms with E-state index in [4.69, 9.17) is 9.26 Å². The summed E-state index contributed by atoms with van der Waals surface area (Å²) in [7, 11) is 0. The fraction of sp³-hybridized carbons (Fsp3) is 0.625. The van der Waals surface area contributed by atoms with Gasteiger partial charge in [-0.15, -0.1) is 0 Å². The molecule has 1 aliphatic heterocycles. The number of amides is 1. The molecule has 1 aromatic heterocycles. The molecule has 1 aromatic rings. The summed E-state index contributed by atoms with van der Waals surface area (Å²) < 4.78 is 10.8. The van der Waals surface area contributed by atoms with E-state index in [0.29, 0.717) is 24.7 Å². The molecule has 0 aliphatic carbocycles. The Kier molecular flexibility index (Phi) is 5.18. The molecular weight excluding hydrogens is 298 g/mol. The van der Waals surface area contributed by atoms with Crippen molar-refractivity contribution in [1.82, 2.24) is 15.0 Å². The second-order valence-electron chi connectivity index (χ2n) is 6.19. The maximum absolute atomic E-state index is 12.6. The highest BCUT2D eigenvalue weighted by molar-refractivity contribution is 6.01. The molecule has 7 nitrogen and oxygen atoms in total. The maximum atomic E-state index is 12.6. The SMILES string of the molecule is CCCc1nc(CN(CC)C(=O)C2=CC(=O)CC(C)(C)O2)no1. The molecule has 7 heteroatoms. The number of carbonyl (C=O) groups excluding carboxylic acids is 2. The van der Waals surface area contributed by atoms with Crippen LogP contribution in [0.4, 0.5) is 0 Å². The lowest BCUT2D eigenvalue weighted by Gasteiger charge is -2.31.